The van der Waals surface area contributed by atoms with Crippen LogP contribution in [0.2, 0.25) is 0 Å². The van der Waals surface area contributed by atoms with Crippen molar-refractivity contribution in [3.05, 3.63) is 59.0 Å². The number of amides is 1. The van der Waals surface area contributed by atoms with Gasteiger partial charge in [-0.25, -0.2) is 4.98 Å². The summed E-state index contributed by atoms with van der Waals surface area (Å²) in [6.07, 6.45) is 1.22. The topological polar surface area (TPSA) is 82.5 Å². The molecule has 2 aromatic carbocycles. The van der Waals surface area contributed by atoms with Gasteiger partial charge in [-0.2, -0.15) is 0 Å². The molecule has 7 heteroatoms. The largest absolute Gasteiger partial charge is 0.486 e. The van der Waals surface area contributed by atoms with E-state index < -0.39 is 0 Å². The molecule has 0 unspecified atom stereocenters. The molecule has 1 aliphatic heterocycles. The van der Waals surface area contributed by atoms with Gasteiger partial charge in [-0.1, -0.05) is 12.1 Å². The Kier molecular flexibility index (Phi) is 3.81. The maximum absolute atomic E-state index is 12.4. The lowest BCUT2D eigenvalue weighted by atomic mass is 10.2. The molecule has 126 valence electrons. The first-order chi connectivity index (χ1) is 12.2. The van der Waals surface area contributed by atoms with Crippen molar-refractivity contribution in [2.24, 2.45) is 0 Å². The third-order valence-electron chi connectivity index (χ3n) is 3.88. The minimum atomic E-state index is -0.323. The molecular weight excluding hydrogens is 322 g/mol. The molecule has 0 bridgehead atoms. The zero-order valence-corrected chi connectivity index (χ0v) is 13.3. The second-order valence-corrected chi connectivity index (χ2v) is 5.58. The fraction of sp³-hybridized carbons (Fsp3) is 0.167. The van der Waals surface area contributed by atoms with Crippen LogP contribution in [0.5, 0.6) is 11.5 Å². The molecule has 1 N–H and O–H groups in total. The average Bonchev–Trinajstić information content (AvgIpc) is 2.64. The van der Waals surface area contributed by atoms with Gasteiger partial charge >= 0.3 is 0 Å². The van der Waals surface area contributed by atoms with Crippen LogP contribution in [0.15, 0.2) is 53.5 Å². The third-order valence-corrected chi connectivity index (χ3v) is 3.88. The van der Waals surface area contributed by atoms with Gasteiger partial charge in [0, 0.05) is 11.8 Å². The summed E-state index contributed by atoms with van der Waals surface area (Å²) in [5.41, 5.74) is 1.54. The van der Waals surface area contributed by atoms with Gasteiger partial charge in [-0.3, -0.25) is 14.2 Å². The average molecular weight is 337 g/mol. The van der Waals surface area contributed by atoms with Crippen LogP contribution in [0.4, 0.5) is 5.69 Å². The molecule has 1 amide bonds. The number of carbonyl (C=O) groups excluding carboxylic acids is 1. The molecule has 2 heterocycles. The molecule has 0 saturated carbocycles. The quantitative estimate of drug-likeness (QED) is 0.788. The summed E-state index contributed by atoms with van der Waals surface area (Å²) in [4.78, 5) is 28.6. The van der Waals surface area contributed by atoms with Gasteiger partial charge in [0.05, 0.1) is 17.2 Å². The molecule has 3 aromatic rings. The predicted molar refractivity (Wildman–Crippen MR) is 92.1 cm³/mol. The molecule has 0 atom stereocenters. The smallest absolute Gasteiger partial charge is 0.269 e. The summed E-state index contributed by atoms with van der Waals surface area (Å²) in [5, 5.41) is 2.78. The van der Waals surface area contributed by atoms with Crippen molar-refractivity contribution < 1.29 is 14.3 Å². The third kappa shape index (κ3) is 3.03. The number of hydrogen-bond acceptors (Lipinski definition) is 5. The minimum Gasteiger partial charge on any atom is -0.486 e. The highest BCUT2D eigenvalue weighted by Gasteiger charge is 2.14. The van der Waals surface area contributed by atoms with Crippen molar-refractivity contribution in [1.82, 2.24) is 9.55 Å². The minimum absolute atomic E-state index is 0.101. The molecule has 0 aliphatic carbocycles. The number of nitrogens with one attached hydrogen (secondary N) is 1. The van der Waals surface area contributed by atoms with Gasteiger partial charge in [0.15, 0.2) is 11.5 Å². The molecular formula is C18H15N3O4. The summed E-state index contributed by atoms with van der Waals surface area (Å²) < 4.78 is 12.4. The highest BCUT2D eigenvalue weighted by Crippen LogP contribution is 2.32. The summed E-state index contributed by atoms with van der Waals surface area (Å²) >= 11 is 0. The zero-order valence-electron chi connectivity index (χ0n) is 13.3. The Hall–Kier alpha value is -3.35. The number of aromatic nitrogens is 2. The maximum atomic E-state index is 12.4. The van der Waals surface area contributed by atoms with Crippen molar-refractivity contribution in [2.45, 2.75) is 6.54 Å². The Labute approximate surface area is 142 Å². The number of nitrogens with zero attached hydrogens (tertiary/aromatic N) is 2. The van der Waals surface area contributed by atoms with Crippen LogP contribution in [0.1, 0.15) is 0 Å². The van der Waals surface area contributed by atoms with Crippen LogP contribution in [-0.2, 0) is 11.3 Å². The van der Waals surface area contributed by atoms with Crippen molar-refractivity contribution in [3.63, 3.8) is 0 Å². The Balaban J connectivity index is 1.57. The second-order valence-electron chi connectivity index (χ2n) is 5.58. The SMILES string of the molecule is O=C(Cn1c(=O)cnc2ccccc21)Nc1ccc2c(c1)OCCO2. The van der Waals surface area contributed by atoms with E-state index in [0.717, 1.165) is 0 Å². The van der Waals surface area contributed by atoms with Crippen LogP contribution in [0, 0.1) is 0 Å². The first-order valence-electron chi connectivity index (χ1n) is 7.85. The van der Waals surface area contributed by atoms with Crippen molar-refractivity contribution in [2.75, 3.05) is 18.5 Å². The lowest BCUT2D eigenvalue weighted by Crippen LogP contribution is -2.28. The van der Waals surface area contributed by atoms with Gasteiger partial charge < -0.3 is 14.8 Å². The Morgan fingerprint density at radius 3 is 2.80 bits per heavy atom. The number of carbonyl (C=O) groups is 1. The van der Waals surface area contributed by atoms with Crippen LogP contribution in [0.25, 0.3) is 11.0 Å². The lowest BCUT2D eigenvalue weighted by Gasteiger charge is -2.19. The van der Waals surface area contributed by atoms with Crippen LogP contribution < -0.4 is 20.3 Å². The Morgan fingerprint density at radius 2 is 1.92 bits per heavy atom. The van der Waals surface area contributed by atoms with Gasteiger partial charge in [0.1, 0.15) is 19.8 Å². The Morgan fingerprint density at radius 1 is 1.12 bits per heavy atom. The summed E-state index contributed by atoms with van der Waals surface area (Å²) in [6, 6.07) is 12.4. The predicted octanol–water partition coefficient (Wildman–Crippen LogP) is 1.81. The number of anilines is 1. The van der Waals surface area contributed by atoms with Crippen LogP contribution >= 0.6 is 0 Å². The first-order valence-corrected chi connectivity index (χ1v) is 7.85. The highest BCUT2D eigenvalue weighted by molar-refractivity contribution is 5.91. The summed E-state index contributed by atoms with van der Waals surface area (Å²) in [5.74, 6) is 0.936. The van der Waals surface area contributed by atoms with Gasteiger partial charge in [0.2, 0.25) is 5.91 Å². The molecule has 1 aromatic heterocycles. The number of ether oxygens (including phenoxy) is 2. The molecule has 0 saturated heterocycles. The lowest BCUT2D eigenvalue weighted by molar-refractivity contribution is -0.116. The zero-order chi connectivity index (χ0) is 17.2. The van der Waals surface area contributed by atoms with Crippen molar-refractivity contribution in [1.29, 1.82) is 0 Å². The number of rotatable bonds is 3. The van der Waals surface area contributed by atoms with E-state index in [1.54, 1.807) is 36.4 Å². The molecule has 25 heavy (non-hydrogen) atoms. The monoisotopic (exact) mass is 337 g/mol. The van der Waals surface area contributed by atoms with Gasteiger partial charge in [-0.15, -0.1) is 0 Å². The van der Waals surface area contributed by atoms with E-state index in [-0.39, 0.29) is 18.0 Å². The van der Waals surface area contributed by atoms with E-state index in [1.807, 2.05) is 6.07 Å². The highest BCUT2D eigenvalue weighted by atomic mass is 16.6. The second kappa shape index (κ2) is 6.27. The van der Waals surface area contributed by atoms with Crippen molar-refractivity contribution >= 4 is 22.6 Å². The van der Waals surface area contributed by atoms with Crippen LogP contribution in [-0.4, -0.2) is 28.7 Å². The van der Waals surface area contributed by atoms with Crippen LogP contribution in [0.3, 0.4) is 0 Å². The molecule has 0 fully saturated rings. The van der Waals surface area contributed by atoms with E-state index in [4.69, 9.17) is 9.47 Å². The molecule has 1 aliphatic rings. The van der Waals surface area contributed by atoms with Crippen molar-refractivity contribution in [3.8, 4) is 11.5 Å². The fourth-order valence-corrected chi connectivity index (χ4v) is 2.74. The van der Waals surface area contributed by atoms with E-state index in [9.17, 15) is 9.59 Å². The number of para-hydroxylation sites is 2. The normalized spacial score (nSPS) is 12.8. The van der Waals surface area contributed by atoms with E-state index >= 15 is 0 Å². The van der Waals surface area contributed by atoms with Gasteiger partial charge in [-0.05, 0) is 24.3 Å². The maximum Gasteiger partial charge on any atom is 0.269 e. The van der Waals surface area contributed by atoms with Gasteiger partial charge in [0.25, 0.3) is 5.56 Å². The molecule has 7 nitrogen and oxygen atoms in total. The Bertz CT molecular complexity index is 1010. The number of fused-ring (bicyclic) bond motifs is 2. The summed E-state index contributed by atoms with van der Waals surface area (Å²) in [6.45, 7) is 0.885. The van der Waals surface area contributed by atoms with E-state index in [0.29, 0.717) is 41.4 Å². The van der Waals surface area contributed by atoms with E-state index in [2.05, 4.69) is 10.3 Å². The standard InChI is InChI=1S/C18H15N3O4/c22-17(20-12-5-6-15-16(9-12)25-8-7-24-15)11-21-14-4-2-1-3-13(14)19-10-18(21)23/h1-6,9-10H,7-8,11H2,(H,20,22). The number of benzene rings is 2. The molecule has 0 spiro atoms. The fourth-order valence-electron chi connectivity index (χ4n) is 2.74. The first kappa shape index (κ1) is 15.2. The number of hydrogen-bond donors (Lipinski definition) is 1. The summed E-state index contributed by atoms with van der Waals surface area (Å²) in [7, 11) is 0. The molecule has 4 rings (SSSR count). The molecule has 0 radical (unpaired) electrons. The van der Waals surface area contributed by atoms with E-state index in [1.165, 1.54) is 10.8 Å².